The molecule has 0 bridgehead atoms. The lowest BCUT2D eigenvalue weighted by Crippen LogP contribution is -2.42. The van der Waals surface area contributed by atoms with E-state index in [4.69, 9.17) is 11.8 Å². The van der Waals surface area contributed by atoms with Gasteiger partial charge in [0.1, 0.15) is 6.04 Å². The summed E-state index contributed by atoms with van der Waals surface area (Å²) in [6, 6.07) is 2.32. The molecule has 2 fully saturated rings. The van der Waals surface area contributed by atoms with Gasteiger partial charge in [-0.05, 0) is 32.1 Å². The highest BCUT2D eigenvalue weighted by atomic mass is 16.2. The van der Waals surface area contributed by atoms with E-state index in [0.29, 0.717) is 31.6 Å². The zero-order valence-electron chi connectivity index (χ0n) is 11.1. The number of nitrogens with zero attached hydrogens (tertiary/aromatic N) is 3. The summed E-state index contributed by atoms with van der Waals surface area (Å²) in [7, 11) is 0. The molecule has 5 nitrogen and oxygen atoms in total. The molecule has 1 heterocycles. The number of amides is 1. The van der Waals surface area contributed by atoms with Crippen LogP contribution >= 0.6 is 0 Å². The van der Waals surface area contributed by atoms with Crippen molar-refractivity contribution in [1.82, 2.24) is 10.2 Å². The maximum Gasteiger partial charge on any atom is 0.237 e. The van der Waals surface area contributed by atoms with Crippen molar-refractivity contribution in [3.05, 3.63) is 11.4 Å². The molecule has 1 saturated carbocycles. The Hall–Kier alpha value is -1.59. The summed E-state index contributed by atoms with van der Waals surface area (Å²) in [5.74, 6) is 0.529. The summed E-state index contributed by atoms with van der Waals surface area (Å²) in [5, 5.41) is 12.3. The number of hydrogen-bond acceptors (Lipinski definition) is 3. The first-order valence-electron chi connectivity index (χ1n) is 7.00. The molecular formula is C14H20N4O. The van der Waals surface area contributed by atoms with Crippen molar-refractivity contribution in [1.29, 1.82) is 5.26 Å². The Morgan fingerprint density at radius 2 is 2.32 bits per heavy atom. The third-order valence-corrected chi connectivity index (χ3v) is 4.15. The fourth-order valence-electron chi connectivity index (χ4n) is 3.09. The van der Waals surface area contributed by atoms with E-state index in [1.54, 1.807) is 4.90 Å². The molecule has 1 amide bonds. The summed E-state index contributed by atoms with van der Waals surface area (Å²) in [6.07, 6.45) is 4.87. The first-order chi connectivity index (χ1) is 9.24. The average Bonchev–Trinajstić information content (AvgIpc) is 3.05. The molecule has 2 aliphatic rings. The number of likely N-dealkylation sites (tertiary alicyclic amines) is 1. The van der Waals surface area contributed by atoms with Crippen LogP contribution in [0.1, 0.15) is 32.1 Å². The van der Waals surface area contributed by atoms with Crippen LogP contribution < -0.4 is 5.32 Å². The Labute approximate surface area is 114 Å². The molecule has 1 aliphatic heterocycles. The number of carbonyl (C=O) groups is 1. The van der Waals surface area contributed by atoms with Crippen LogP contribution in [0.3, 0.4) is 0 Å². The number of rotatable bonds is 4. The zero-order chi connectivity index (χ0) is 13.7. The van der Waals surface area contributed by atoms with E-state index in [9.17, 15) is 4.79 Å². The van der Waals surface area contributed by atoms with Crippen LogP contribution in [-0.2, 0) is 4.79 Å². The van der Waals surface area contributed by atoms with Crippen LogP contribution in [-0.4, -0.2) is 42.5 Å². The van der Waals surface area contributed by atoms with Crippen LogP contribution in [0.4, 0.5) is 0 Å². The standard InChI is InChI=1S/C14H20N4O/c1-16-9-11-4-5-12(7-11)17-10-14(19)18-6-2-3-13(18)8-15/h11-13,17H,2-7,9-10H2/t11-,12+,13-/m0/s1. The third kappa shape index (κ3) is 3.45. The Bertz CT molecular complexity index is 409. The molecule has 1 N–H and O–H groups in total. The van der Waals surface area contributed by atoms with Gasteiger partial charge in [-0.1, -0.05) is 0 Å². The molecule has 0 radical (unpaired) electrons. The van der Waals surface area contributed by atoms with Crippen molar-refractivity contribution in [2.45, 2.75) is 44.2 Å². The van der Waals surface area contributed by atoms with E-state index in [1.807, 2.05) is 0 Å². The van der Waals surface area contributed by atoms with Gasteiger partial charge in [0.15, 0.2) is 0 Å². The Morgan fingerprint density at radius 1 is 1.47 bits per heavy atom. The van der Waals surface area contributed by atoms with Gasteiger partial charge in [-0.2, -0.15) is 5.26 Å². The lowest BCUT2D eigenvalue weighted by atomic mass is 10.1. The van der Waals surface area contributed by atoms with Crippen molar-refractivity contribution in [2.24, 2.45) is 5.92 Å². The highest BCUT2D eigenvalue weighted by Gasteiger charge is 2.30. The maximum atomic E-state index is 12.0. The van der Waals surface area contributed by atoms with Gasteiger partial charge in [-0.3, -0.25) is 4.79 Å². The highest BCUT2D eigenvalue weighted by molar-refractivity contribution is 5.79. The quantitative estimate of drug-likeness (QED) is 0.772. The molecule has 0 unspecified atom stereocenters. The van der Waals surface area contributed by atoms with E-state index in [1.165, 1.54) is 0 Å². The molecule has 102 valence electrons. The summed E-state index contributed by atoms with van der Waals surface area (Å²) in [6.45, 7) is 8.52. The normalized spacial score (nSPS) is 30.0. The van der Waals surface area contributed by atoms with Crippen molar-refractivity contribution in [3.63, 3.8) is 0 Å². The molecule has 0 aromatic rings. The second-order valence-electron chi connectivity index (χ2n) is 5.47. The van der Waals surface area contributed by atoms with Gasteiger partial charge in [-0.15, -0.1) is 0 Å². The summed E-state index contributed by atoms with van der Waals surface area (Å²) in [4.78, 5) is 17.2. The minimum absolute atomic E-state index is 0.0395. The van der Waals surface area contributed by atoms with Crippen molar-refractivity contribution >= 4 is 5.91 Å². The van der Waals surface area contributed by atoms with E-state index >= 15 is 0 Å². The Balaban J connectivity index is 1.73. The fourth-order valence-corrected chi connectivity index (χ4v) is 3.09. The number of hydrogen-bond donors (Lipinski definition) is 1. The smallest absolute Gasteiger partial charge is 0.237 e. The van der Waals surface area contributed by atoms with Crippen LogP contribution in [0.5, 0.6) is 0 Å². The monoisotopic (exact) mass is 260 g/mol. The lowest BCUT2D eigenvalue weighted by molar-refractivity contribution is -0.130. The molecule has 0 spiro atoms. The van der Waals surface area contributed by atoms with Crippen LogP contribution in [0.2, 0.25) is 0 Å². The number of nitrogens with one attached hydrogen (secondary N) is 1. The molecule has 3 atom stereocenters. The molecule has 0 aromatic heterocycles. The fraction of sp³-hybridized carbons (Fsp3) is 0.786. The minimum atomic E-state index is -0.229. The topological polar surface area (TPSA) is 60.5 Å². The third-order valence-electron chi connectivity index (χ3n) is 4.15. The van der Waals surface area contributed by atoms with E-state index in [-0.39, 0.29) is 11.9 Å². The van der Waals surface area contributed by atoms with Crippen LogP contribution in [0.25, 0.3) is 4.85 Å². The first kappa shape index (κ1) is 13.8. The molecule has 1 saturated heterocycles. The molecule has 2 rings (SSSR count). The predicted molar refractivity (Wildman–Crippen MR) is 70.9 cm³/mol. The summed E-state index contributed by atoms with van der Waals surface area (Å²) < 4.78 is 0. The zero-order valence-corrected chi connectivity index (χ0v) is 11.1. The lowest BCUT2D eigenvalue weighted by Gasteiger charge is -2.21. The van der Waals surface area contributed by atoms with Gasteiger partial charge in [0, 0.05) is 18.5 Å². The minimum Gasteiger partial charge on any atom is -0.326 e. The van der Waals surface area contributed by atoms with Crippen molar-refractivity contribution in [2.75, 3.05) is 19.6 Å². The second kappa shape index (κ2) is 6.54. The summed E-state index contributed by atoms with van der Waals surface area (Å²) in [5.41, 5.74) is 0. The highest BCUT2D eigenvalue weighted by Crippen LogP contribution is 2.25. The van der Waals surface area contributed by atoms with Crippen LogP contribution in [0.15, 0.2) is 0 Å². The van der Waals surface area contributed by atoms with Crippen molar-refractivity contribution in [3.8, 4) is 6.07 Å². The van der Waals surface area contributed by atoms with Gasteiger partial charge >= 0.3 is 0 Å². The van der Waals surface area contributed by atoms with Gasteiger partial charge in [0.05, 0.1) is 12.6 Å². The van der Waals surface area contributed by atoms with E-state index < -0.39 is 0 Å². The largest absolute Gasteiger partial charge is 0.326 e. The molecule has 1 aliphatic carbocycles. The van der Waals surface area contributed by atoms with E-state index in [0.717, 1.165) is 32.1 Å². The molecular weight excluding hydrogens is 240 g/mol. The van der Waals surface area contributed by atoms with Crippen LogP contribution in [0, 0.1) is 23.8 Å². The Morgan fingerprint density at radius 3 is 3.05 bits per heavy atom. The Kier molecular flexibility index (Phi) is 4.76. The first-order valence-corrected chi connectivity index (χ1v) is 7.00. The van der Waals surface area contributed by atoms with Gasteiger partial charge in [0.2, 0.25) is 12.5 Å². The number of carbonyl (C=O) groups excluding carboxylic acids is 1. The average molecular weight is 260 g/mol. The number of nitriles is 1. The molecule has 5 heteroatoms. The SMILES string of the molecule is [C-]#[N+]C[C@H]1CC[C@@H](NCC(=O)N2CCC[C@H]2C#N)C1. The molecule has 0 aromatic carbocycles. The molecule has 19 heavy (non-hydrogen) atoms. The van der Waals surface area contributed by atoms with Gasteiger partial charge < -0.3 is 15.1 Å². The summed E-state index contributed by atoms with van der Waals surface area (Å²) >= 11 is 0. The second-order valence-corrected chi connectivity index (χ2v) is 5.47. The maximum absolute atomic E-state index is 12.0. The van der Waals surface area contributed by atoms with Gasteiger partial charge in [-0.25, -0.2) is 6.57 Å². The van der Waals surface area contributed by atoms with Crippen molar-refractivity contribution < 1.29 is 4.79 Å². The predicted octanol–water partition coefficient (Wildman–Crippen LogP) is 1.18. The van der Waals surface area contributed by atoms with E-state index in [2.05, 4.69) is 16.2 Å². The van der Waals surface area contributed by atoms with Gasteiger partial charge in [0.25, 0.3) is 0 Å².